The third kappa shape index (κ3) is 3.68. The molecule has 27 heavy (non-hydrogen) atoms. The third-order valence-corrected chi connectivity index (χ3v) is 6.46. The third-order valence-electron chi connectivity index (χ3n) is 6.46. The van der Waals surface area contributed by atoms with Gasteiger partial charge in [-0.3, -0.25) is 4.90 Å². The molecule has 0 spiro atoms. The summed E-state index contributed by atoms with van der Waals surface area (Å²) in [6, 6.07) is 6.11. The number of benzene rings is 1. The van der Waals surface area contributed by atoms with Gasteiger partial charge in [0.05, 0.1) is 38.0 Å². The lowest BCUT2D eigenvalue weighted by Crippen LogP contribution is -2.49. The summed E-state index contributed by atoms with van der Waals surface area (Å²) in [6.07, 6.45) is 2.85. The van der Waals surface area contributed by atoms with Crippen molar-refractivity contribution in [3.8, 4) is 0 Å². The van der Waals surface area contributed by atoms with Crippen LogP contribution in [-0.2, 0) is 9.47 Å². The molecule has 1 amide bonds. The molecule has 4 rings (SSSR count). The highest BCUT2D eigenvalue weighted by Crippen LogP contribution is 2.36. The first-order valence-electron chi connectivity index (χ1n) is 9.76. The van der Waals surface area contributed by atoms with Crippen molar-refractivity contribution in [1.82, 2.24) is 4.90 Å². The van der Waals surface area contributed by atoms with E-state index >= 15 is 0 Å². The van der Waals surface area contributed by atoms with Crippen LogP contribution in [0, 0.1) is 11.7 Å². The zero-order chi connectivity index (χ0) is 19.0. The molecule has 2 aliphatic heterocycles. The molecule has 148 valence electrons. The molecule has 1 aromatic rings. The molecule has 0 radical (unpaired) electrons. The van der Waals surface area contributed by atoms with E-state index in [0.29, 0.717) is 25.7 Å². The molecule has 6 nitrogen and oxygen atoms in total. The van der Waals surface area contributed by atoms with Gasteiger partial charge < -0.3 is 20.3 Å². The maximum atomic E-state index is 13.4. The summed E-state index contributed by atoms with van der Waals surface area (Å²) in [7, 11) is 0. The maximum absolute atomic E-state index is 13.4. The van der Waals surface area contributed by atoms with Gasteiger partial charge in [-0.05, 0) is 49.3 Å². The van der Waals surface area contributed by atoms with Gasteiger partial charge in [-0.25, -0.2) is 9.18 Å². The number of carboxylic acid groups (broad SMARTS) is 1. The minimum absolute atomic E-state index is 0.0541. The number of fused-ring (bicyclic) bond motifs is 1. The second-order valence-corrected chi connectivity index (χ2v) is 7.97. The number of likely N-dealkylation sites (tertiary alicyclic amines) is 1. The van der Waals surface area contributed by atoms with Crippen LogP contribution in [0.15, 0.2) is 24.3 Å². The van der Waals surface area contributed by atoms with Gasteiger partial charge >= 0.3 is 6.09 Å². The summed E-state index contributed by atoms with van der Waals surface area (Å²) >= 11 is 0. The summed E-state index contributed by atoms with van der Waals surface area (Å²) in [5, 5.41) is 9.60. The molecule has 0 aromatic heterocycles. The molecule has 0 bridgehead atoms. The normalized spacial score (nSPS) is 36.0. The minimum atomic E-state index is -0.952. The number of rotatable bonds is 4. The number of nitrogens with two attached hydrogens (primary N) is 1. The summed E-state index contributed by atoms with van der Waals surface area (Å²) in [5.74, 6) is 0.226. The van der Waals surface area contributed by atoms with Crippen LogP contribution in [0.5, 0.6) is 0 Å². The van der Waals surface area contributed by atoms with E-state index in [4.69, 9.17) is 15.2 Å². The minimum Gasteiger partial charge on any atom is -0.465 e. The average Bonchev–Trinajstić information content (AvgIpc) is 3.22. The van der Waals surface area contributed by atoms with Gasteiger partial charge in [0.1, 0.15) is 5.82 Å². The zero-order valence-electron chi connectivity index (χ0n) is 15.3. The van der Waals surface area contributed by atoms with E-state index in [0.717, 1.165) is 31.2 Å². The average molecular weight is 378 g/mol. The van der Waals surface area contributed by atoms with Crippen molar-refractivity contribution in [2.24, 2.45) is 11.7 Å². The van der Waals surface area contributed by atoms with Crippen LogP contribution in [-0.4, -0.2) is 60.1 Å². The van der Waals surface area contributed by atoms with Crippen LogP contribution >= 0.6 is 0 Å². The SMILES string of the molecule is N[C@H]1C2COCC2N(C(=O)O)[C@H]1COC1CCC(c2cccc(F)c2)CC1. The maximum Gasteiger partial charge on any atom is 0.408 e. The summed E-state index contributed by atoms with van der Waals surface area (Å²) in [4.78, 5) is 13.2. The smallest absolute Gasteiger partial charge is 0.408 e. The Morgan fingerprint density at radius 2 is 2.07 bits per heavy atom. The Morgan fingerprint density at radius 3 is 2.78 bits per heavy atom. The number of hydrogen-bond acceptors (Lipinski definition) is 4. The summed E-state index contributed by atoms with van der Waals surface area (Å²) in [5.41, 5.74) is 7.37. The molecular weight excluding hydrogens is 351 g/mol. The second-order valence-electron chi connectivity index (χ2n) is 7.97. The van der Waals surface area contributed by atoms with Crippen LogP contribution in [0.2, 0.25) is 0 Å². The molecule has 7 heteroatoms. The number of amides is 1. The predicted molar refractivity (Wildman–Crippen MR) is 97.1 cm³/mol. The lowest BCUT2D eigenvalue weighted by atomic mass is 9.82. The van der Waals surface area contributed by atoms with Gasteiger partial charge in [0.2, 0.25) is 0 Å². The molecule has 3 N–H and O–H groups in total. The Kier molecular flexibility index (Phi) is 5.34. The fourth-order valence-corrected chi connectivity index (χ4v) is 4.96. The molecule has 2 heterocycles. The first kappa shape index (κ1) is 18.7. The monoisotopic (exact) mass is 378 g/mol. The van der Waals surface area contributed by atoms with Crippen molar-refractivity contribution in [2.75, 3.05) is 19.8 Å². The first-order chi connectivity index (χ1) is 13.0. The molecule has 2 saturated heterocycles. The Morgan fingerprint density at radius 1 is 1.30 bits per heavy atom. The fourth-order valence-electron chi connectivity index (χ4n) is 4.96. The lowest BCUT2D eigenvalue weighted by Gasteiger charge is -2.32. The molecule has 2 unspecified atom stereocenters. The van der Waals surface area contributed by atoms with Gasteiger partial charge in [0.25, 0.3) is 0 Å². The molecule has 1 saturated carbocycles. The van der Waals surface area contributed by atoms with Crippen LogP contribution in [0.3, 0.4) is 0 Å². The van der Waals surface area contributed by atoms with E-state index < -0.39 is 6.09 Å². The molecule has 1 aliphatic carbocycles. The van der Waals surface area contributed by atoms with Crippen LogP contribution in [0.4, 0.5) is 9.18 Å². The summed E-state index contributed by atoms with van der Waals surface area (Å²) < 4.78 is 24.9. The number of carbonyl (C=O) groups is 1. The van der Waals surface area contributed by atoms with Crippen LogP contribution in [0.1, 0.15) is 37.2 Å². The summed E-state index contributed by atoms with van der Waals surface area (Å²) in [6.45, 7) is 1.26. The number of halogens is 1. The molecule has 1 aromatic carbocycles. The van der Waals surface area contributed by atoms with E-state index in [1.165, 1.54) is 11.0 Å². The van der Waals surface area contributed by atoms with E-state index in [1.807, 2.05) is 6.07 Å². The second kappa shape index (κ2) is 7.73. The van der Waals surface area contributed by atoms with Gasteiger partial charge in [-0.2, -0.15) is 0 Å². The largest absolute Gasteiger partial charge is 0.465 e. The van der Waals surface area contributed by atoms with Gasteiger partial charge in [0, 0.05) is 12.0 Å². The van der Waals surface area contributed by atoms with Gasteiger partial charge in [-0.1, -0.05) is 12.1 Å². The van der Waals surface area contributed by atoms with Crippen LogP contribution in [0.25, 0.3) is 0 Å². The van der Waals surface area contributed by atoms with Crippen molar-refractivity contribution in [3.05, 3.63) is 35.6 Å². The Bertz CT molecular complexity index is 680. The van der Waals surface area contributed by atoms with E-state index in [2.05, 4.69) is 0 Å². The zero-order valence-corrected chi connectivity index (χ0v) is 15.3. The van der Waals surface area contributed by atoms with Crippen molar-refractivity contribution >= 4 is 6.09 Å². The fraction of sp³-hybridized carbons (Fsp3) is 0.650. The highest BCUT2D eigenvalue weighted by atomic mass is 19.1. The first-order valence-corrected chi connectivity index (χ1v) is 9.76. The molecule has 3 fully saturated rings. The van der Waals surface area contributed by atoms with Gasteiger partial charge in [0.15, 0.2) is 0 Å². The number of hydrogen-bond donors (Lipinski definition) is 2. The number of ether oxygens (including phenoxy) is 2. The lowest BCUT2D eigenvalue weighted by molar-refractivity contribution is -0.0111. The Labute approximate surface area is 158 Å². The standard InChI is InChI=1S/C20H27FN2O4/c21-14-3-1-2-13(8-14)12-4-6-15(7-5-12)27-11-18-19(22)16-9-26-10-17(16)23(18)20(24)25/h1-3,8,12,15-19H,4-7,9-11,22H2,(H,24,25)/t12?,15?,16?,17?,18-,19-/m0/s1. The van der Waals surface area contributed by atoms with E-state index in [9.17, 15) is 14.3 Å². The highest BCUT2D eigenvalue weighted by molar-refractivity contribution is 5.67. The van der Waals surface area contributed by atoms with Crippen LogP contribution < -0.4 is 5.73 Å². The van der Waals surface area contributed by atoms with E-state index in [-0.39, 0.29) is 36.0 Å². The topological polar surface area (TPSA) is 85.0 Å². The van der Waals surface area contributed by atoms with E-state index in [1.54, 1.807) is 12.1 Å². The molecular formula is C20H27FN2O4. The van der Waals surface area contributed by atoms with Crippen molar-refractivity contribution < 1.29 is 23.8 Å². The highest BCUT2D eigenvalue weighted by Gasteiger charge is 2.52. The number of nitrogens with zero attached hydrogens (tertiary/aromatic N) is 1. The van der Waals surface area contributed by atoms with Crippen molar-refractivity contribution in [1.29, 1.82) is 0 Å². The van der Waals surface area contributed by atoms with Crippen molar-refractivity contribution in [3.63, 3.8) is 0 Å². The van der Waals surface area contributed by atoms with Crippen molar-refractivity contribution in [2.45, 2.75) is 55.8 Å². The predicted octanol–water partition coefficient (Wildman–Crippen LogP) is 2.57. The van der Waals surface area contributed by atoms with Gasteiger partial charge in [-0.15, -0.1) is 0 Å². The Hall–Kier alpha value is -1.70. The Balaban J connectivity index is 1.31. The molecule has 3 aliphatic rings. The molecule has 4 atom stereocenters. The quantitative estimate of drug-likeness (QED) is 0.841.